The summed E-state index contributed by atoms with van der Waals surface area (Å²) >= 11 is 0. The zero-order chi connectivity index (χ0) is 21.8. The lowest BCUT2D eigenvalue weighted by atomic mass is 10.1. The van der Waals surface area contributed by atoms with E-state index in [4.69, 9.17) is 4.74 Å². The van der Waals surface area contributed by atoms with Crippen molar-refractivity contribution in [2.75, 3.05) is 0 Å². The number of aromatic nitrogens is 2. The van der Waals surface area contributed by atoms with Crippen LogP contribution in [0.15, 0.2) is 60.8 Å². The summed E-state index contributed by atoms with van der Waals surface area (Å²) < 4.78 is 20.4. The normalized spacial score (nSPS) is 14.9. The van der Waals surface area contributed by atoms with E-state index in [1.165, 1.54) is 12.1 Å². The van der Waals surface area contributed by atoms with Crippen molar-refractivity contribution in [1.29, 1.82) is 0 Å². The fraction of sp³-hybridized carbons (Fsp3) is 0.292. The van der Waals surface area contributed by atoms with Crippen molar-refractivity contribution in [3.05, 3.63) is 72.2 Å². The summed E-state index contributed by atoms with van der Waals surface area (Å²) in [5, 5.41) is 7.47. The number of rotatable bonds is 6. The van der Waals surface area contributed by atoms with E-state index in [-0.39, 0.29) is 23.3 Å². The van der Waals surface area contributed by atoms with Gasteiger partial charge in [-0.3, -0.25) is 4.79 Å². The van der Waals surface area contributed by atoms with E-state index in [0.29, 0.717) is 11.3 Å². The van der Waals surface area contributed by atoms with Gasteiger partial charge < -0.3 is 10.1 Å². The predicted molar refractivity (Wildman–Crippen MR) is 114 cm³/mol. The van der Waals surface area contributed by atoms with Gasteiger partial charge in [-0.1, -0.05) is 31.0 Å². The van der Waals surface area contributed by atoms with Crippen molar-refractivity contribution in [2.45, 2.75) is 44.8 Å². The summed E-state index contributed by atoms with van der Waals surface area (Å²) in [5.41, 5.74) is 1.90. The first-order valence-electron chi connectivity index (χ1n) is 10.4. The Morgan fingerprint density at radius 1 is 1.10 bits per heavy atom. The number of carbonyl (C=O) groups is 2. The van der Waals surface area contributed by atoms with Crippen molar-refractivity contribution >= 4 is 11.9 Å². The third-order valence-electron chi connectivity index (χ3n) is 5.43. The van der Waals surface area contributed by atoms with Gasteiger partial charge in [-0.05, 0) is 56.2 Å². The van der Waals surface area contributed by atoms with Crippen molar-refractivity contribution in [3.8, 4) is 16.9 Å². The molecule has 1 N–H and O–H groups in total. The molecule has 160 valence electrons. The van der Waals surface area contributed by atoms with E-state index in [0.717, 1.165) is 31.4 Å². The molecule has 1 atom stereocenters. The number of benzene rings is 2. The molecular weight excluding hydrogens is 397 g/mol. The number of amides is 1. The van der Waals surface area contributed by atoms with Gasteiger partial charge in [0, 0.05) is 17.8 Å². The highest BCUT2D eigenvalue weighted by Gasteiger charge is 2.26. The Labute approximate surface area is 180 Å². The molecule has 0 bridgehead atoms. The predicted octanol–water partition coefficient (Wildman–Crippen LogP) is 4.28. The molecular formula is C24H24FN3O3. The average Bonchev–Trinajstić information content (AvgIpc) is 3.45. The van der Waals surface area contributed by atoms with Gasteiger partial charge in [0.05, 0.1) is 5.69 Å². The molecule has 0 saturated heterocycles. The van der Waals surface area contributed by atoms with E-state index >= 15 is 0 Å². The lowest BCUT2D eigenvalue weighted by Gasteiger charge is -2.17. The molecule has 31 heavy (non-hydrogen) atoms. The molecule has 1 fully saturated rings. The average molecular weight is 421 g/mol. The highest BCUT2D eigenvalue weighted by Crippen LogP contribution is 2.25. The molecule has 0 unspecified atom stereocenters. The Hall–Kier alpha value is -3.48. The van der Waals surface area contributed by atoms with E-state index < -0.39 is 12.1 Å². The standard InChI is InChI=1S/C24H24FN3O3/c1-16(23(29)26-19-7-5-6-8-19)31-24(30)21-15-28(20-9-3-2-4-10-20)27-22(21)17-11-13-18(25)14-12-17/h2-4,9-16,19H,5-8H2,1H3,(H,26,29)/t16-/m0/s1. The van der Waals surface area contributed by atoms with E-state index in [2.05, 4.69) is 10.4 Å². The van der Waals surface area contributed by atoms with Crippen LogP contribution in [0.5, 0.6) is 0 Å². The highest BCUT2D eigenvalue weighted by molar-refractivity contribution is 5.97. The van der Waals surface area contributed by atoms with E-state index in [1.54, 1.807) is 29.9 Å². The van der Waals surface area contributed by atoms with E-state index in [9.17, 15) is 14.0 Å². The van der Waals surface area contributed by atoms with Gasteiger partial charge in [-0.15, -0.1) is 0 Å². The summed E-state index contributed by atoms with van der Waals surface area (Å²) in [6.07, 6.45) is 4.72. The van der Waals surface area contributed by atoms with Crippen LogP contribution in [0.25, 0.3) is 16.9 Å². The number of ether oxygens (including phenoxy) is 1. The molecule has 1 heterocycles. The molecule has 0 spiro atoms. The van der Waals surface area contributed by atoms with Crippen LogP contribution in [0.3, 0.4) is 0 Å². The molecule has 1 aliphatic rings. The van der Waals surface area contributed by atoms with Gasteiger partial charge in [-0.2, -0.15) is 5.10 Å². The lowest BCUT2D eigenvalue weighted by Crippen LogP contribution is -2.40. The molecule has 0 radical (unpaired) electrons. The van der Waals surface area contributed by atoms with Crippen LogP contribution < -0.4 is 5.32 Å². The number of halogens is 1. The molecule has 6 nitrogen and oxygen atoms in total. The zero-order valence-electron chi connectivity index (χ0n) is 17.3. The minimum Gasteiger partial charge on any atom is -0.449 e. The fourth-order valence-electron chi connectivity index (χ4n) is 3.72. The second-order valence-corrected chi connectivity index (χ2v) is 7.72. The summed E-state index contributed by atoms with van der Waals surface area (Å²) in [5.74, 6) is -1.35. The molecule has 7 heteroatoms. The monoisotopic (exact) mass is 421 g/mol. The number of nitrogens with one attached hydrogen (secondary N) is 1. The molecule has 1 saturated carbocycles. The van der Waals surface area contributed by atoms with Gasteiger partial charge in [0.2, 0.25) is 0 Å². The van der Waals surface area contributed by atoms with Crippen LogP contribution in [0.2, 0.25) is 0 Å². The van der Waals surface area contributed by atoms with Crippen molar-refractivity contribution in [1.82, 2.24) is 15.1 Å². The second kappa shape index (κ2) is 9.12. The number of carbonyl (C=O) groups excluding carboxylic acids is 2. The highest BCUT2D eigenvalue weighted by atomic mass is 19.1. The Bertz CT molecular complexity index is 1060. The van der Waals surface area contributed by atoms with Gasteiger partial charge >= 0.3 is 5.97 Å². The molecule has 1 aromatic heterocycles. The Kier molecular flexibility index (Phi) is 6.11. The minimum atomic E-state index is -0.936. The summed E-state index contributed by atoms with van der Waals surface area (Å²) in [4.78, 5) is 25.4. The number of esters is 1. The SMILES string of the molecule is C[C@H](OC(=O)c1cn(-c2ccccc2)nc1-c1ccc(F)cc1)C(=O)NC1CCCC1. The molecule has 2 aromatic carbocycles. The van der Waals surface area contributed by atoms with Crippen molar-refractivity contribution in [2.24, 2.45) is 0 Å². The third-order valence-corrected chi connectivity index (χ3v) is 5.43. The molecule has 1 aliphatic carbocycles. The Balaban J connectivity index is 1.59. The topological polar surface area (TPSA) is 73.2 Å². The Morgan fingerprint density at radius 3 is 2.45 bits per heavy atom. The maximum atomic E-state index is 13.4. The van der Waals surface area contributed by atoms with Gasteiger partial charge in [-0.25, -0.2) is 13.9 Å². The quantitative estimate of drug-likeness (QED) is 0.603. The van der Waals surface area contributed by atoms with Crippen molar-refractivity contribution in [3.63, 3.8) is 0 Å². The van der Waals surface area contributed by atoms with E-state index in [1.807, 2.05) is 30.3 Å². The smallest absolute Gasteiger partial charge is 0.342 e. The largest absolute Gasteiger partial charge is 0.449 e. The van der Waals surface area contributed by atoms with Gasteiger partial charge in [0.15, 0.2) is 6.10 Å². The Morgan fingerprint density at radius 2 is 1.77 bits per heavy atom. The molecule has 4 rings (SSSR count). The molecule has 3 aromatic rings. The molecule has 0 aliphatic heterocycles. The summed E-state index contributed by atoms with van der Waals surface area (Å²) in [7, 11) is 0. The first kappa shape index (κ1) is 20.8. The van der Waals surface area contributed by atoms with Crippen LogP contribution in [-0.4, -0.2) is 33.8 Å². The van der Waals surface area contributed by atoms with Crippen molar-refractivity contribution < 1.29 is 18.7 Å². The third kappa shape index (κ3) is 4.82. The summed E-state index contributed by atoms with van der Waals surface area (Å²) in [6, 6.07) is 15.2. The van der Waals surface area contributed by atoms with Gasteiger partial charge in [0.25, 0.3) is 5.91 Å². The lowest BCUT2D eigenvalue weighted by molar-refractivity contribution is -0.129. The zero-order valence-corrected chi connectivity index (χ0v) is 17.3. The van der Waals surface area contributed by atoms with Crippen LogP contribution >= 0.6 is 0 Å². The maximum absolute atomic E-state index is 13.4. The van der Waals surface area contributed by atoms with Crippen LogP contribution in [-0.2, 0) is 9.53 Å². The fourth-order valence-corrected chi connectivity index (χ4v) is 3.72. The maximum Gasteiger partial charge on any atom is 0.342 e. The number of para-hydroxylation sites is 1. The second-order valence-electron chi connectivity index (χ2n) is 7.72. The molecule has 1 amide bonds. The minimum absolute atomic E-state index is 0.143. The van der Waals surface area contributed by atoms with Crippen LogP contribution in [0.4, 0.5) is 4.39 Å². The first-order valence-corrected chi connectivity index (χ1v) is 10.4. The number of nitrogens with zero attached hydrogens (tertiary/aromatic N) is 2. The van der Waals surface area contributed by atoms with Crippen LogP contribution in [0.1, 0.15) is 43.0 Å². The number of hydrogen-bond acceptors (Lipinski definition) is 4. The summed E-state index contributed by atoms with van der Waals surface area (Å²) in [6.45, 7) is 1.56. The van der Waals surface area contributed by atoms with Gasteiger partial charge in [0.1, 0.15) is 17.1 Å². The first-order chi connectivity index (χ1) is 15.0. The number of hydrogen-bond donors (Lipinski definition) is 1. The van der Waals surface area contributed by atoms with Crippen LogP contribution in [0, 0.1) is 5.82 Å².